The van der Waals surface area contributed by atoms with E-state index >= 15 is 0 Å². The minimum absolute atomic E-state index is 0.0120. The van der Waals surface area contributed by atoms with Crippen molar-refractivity contribution in [1.29, 1.82) is 0 Å². The molecule has 120 valence electrons. The smallest absolute Gasteiger partial charge is 0.0598 e. The lowest BCUT2D eigenvalue weighted by Crippen LogP contribution is -2.19. The van der Waals surface area contributed by atoms with Gasteiger partial charge < -0.3 is 4.74 Å². The molecule has 0 aromatic heterocycles. The van der Waals surface area contributed by atoms with Crippen molar-refractivity contribution in [2.24, 2.45) is 0 Å². The molecule has 0 saturated heterocycles. The first-order chi connectivity index (χ1) is 9.94. The minimum atomic E-state index is 0.0120. The highest BCUT2D eigenvalue weighted by molar-refractivity contribution is 5.28. The lowest BCUT2D eigenvalue weighted by Gasteiger charge is -2.19. The molecule has 1 unspecified atom stereocenters. The van der Waals surface area contributed by atoms with E-state index in [1.165, 1.54) is 44.1 Å². The number of hydrogen-bond acceptors (Lipinski definition) is 1. The van der Waals surface area contributed by atoms with E-state index < -0.39 is 0 Å². The van der Waals surface area contributed by atoms with Gasteiger partial charge in [0.05, 0.1) is 5.60 Å². The zero-order chi connectivity index (χ0) is 15.7. The minimum Gasteiger partial charge on any atom is -0.376 e. The van der Waals surface area contributed by atoms with Crippen LogP contribution in [-0.2, 0) is 4.74 Å². The third-order valence-electron chi connectivity index (χ3n) is 4.10. The summed E-state index contributed by atoms with van der Waals surface area (Å²) < 4.78 is 5.76. The van der Waals surface area contributed by atoms with Crippen LogP contribution in [0.5, 0.6) is 0 Å². The molecule has 1 aromatic carbocycles. The summed E-state index contributed by atoms with van der Waals surface area (Å²) in [6.45, 7) is 11.8. The quantitative estimate of drug-likeness (QED) is 0.488. The van der Waals surface area contributed by atoms with Crippen LogP contribution in [0.3, 0.4) is 0 Å². The fourth-order valence-corrected chi connectivity index (χ4v) is 2.85. The van der Waals surface area contributed by atoms with E-state index in [2.05, 4.69) is 58.9 Å². The van der Waals surface area contributed by atoms with Crippen molar-refractivity contribution in [1.82, 2.24) is 0 Å². The Bertz CT molecular complexity index is 389. The largest absolute Gasteiger partial charge is 0.376 e. The molecule has 0 bridgehead atoms. The van der Waals surface area contributed by atoms with E-state index in [-0.39, 0.29) is 5.60 Å². The van der Waals surface area contributed by atoms with Gasteiger partial charge in [0.15, 0.2) is 0 Å². The fraction of sp³-hybridized carbons (Fsp3) is 0.700. The van der Waals surface area contributed by atoms with E-state index in [4.69, 9.17) is 4.74 Å². The molecule has 1 aromatic rings. The Morgan fingerprint density at radius 1 is 1.00 bits per heavy atom. The van der Waals surface area contributed by atoms with Crippen LogP contribution in [0.15, 0.2) is 24.3 Å². The number of hydrogen-bond donors (Lipinski definition) is 0. The van der Waals surface area contributed by atoms with Gasteiger partial charge in [-0.2, -0.15) is 0 Å². The van der Waals surface area contributed by atoms with Gasteiger partial charge in [0.25, 0.3) is 0 Å². The molecule has 0 N–H and O–H groups in total. The van der Waals surface area contributed by atoms with E-state index in [1.54, 1.807) is 5.56 Å². The van der Waals surface area contributed by atoms with E-state index in [0.717, 1.165) is 12.5 Å². The van der Waals surface area contributed by atoms with E-state index in [0.29, 0.717) is 0 Å². The molecule has 0 aliphatic rings. The molecule has 0 heterocycles. The molecule has 0 radical (unpaired) electrons. The van der Waals surface area contributed by atoms with Gasteiger partial charge in [-0.3, -0.25) is 0 Å². The lowest BCUT2D eigenvalue weighted by molar-refractivity contribution is -0.00475. The van der Waals surface area contributed by atoms with Crippen LogP contribution < -0.4 is 0 Å². The monoisotopic (exact) mass is 290 g/mol. The van der Waals surface area contributed by atoms with Gasteiger partial charge in [-0.1, -0.05) is 50.5 Å². The maximum atomic E-state index is 5.76. The maximum absolute atomic E-state index is 5.76. The van der Waals surface area contributed by atoms with Crippen molar-refractivity contribution in [3.63, 3.8) is 0 Å². The van der Waals surface area contributed by atoms with Crippen molar-refractivity contribution >= 4 is 0 Å². The lowest BCUT2D eigenvalue weighted by atomic mass is 9.88. The van der Waals surface area contributed by atoms with Crippen molar-refractivity contribution < 1.29 is 4.74 Å². The van der Waals surface area contributed by atoms with Gasteiger partial charge in [0.1, 0.15) is 0 Å². The highest BCUT2D eigenvalue weighted by Gasteiger charge is 2.11. The summed E-state index contributed by atoms with van der Waals surface area (Å²) in [5.41, 5.74) is 3.01. The first kappa shape index (κ1) is 18.2. The summed E-state index contributed by atoms with van der Waals surface area (Å²) in [5, 5.41) is 0. The molecule has 1 rings (SSSR count). The molecule has 0 amide bonds. The zero-order valence-electron chi connectivity index (χ0n) is 14.7. The Morgan fingerprint density at radius 2 is 1.67 bits per heavy atom. The summed E-state index contributed by atoms with van der Waals surface area (Å²) >= 11 is 0. The topological polar surface area (TPSA) is 9.23 Å². The summed E-state index contributed by atoms with van der Waals surface area (Å²) in [4.78, 5) is 0. The van der Waals surface area contributed by atoms with Crippen LogP contribution in [0.4, 0.5) is 0 Å². The highest BCUT2D eigenvalue weighted by Crippen LogP contribution is 2.28. The van der Waals surface area contributed by atoms with Gasteiger partial charge in [0, 0.05) is 6.61 Å². The second kappa shape index (κ2) is 9.25. The summed E-state index contributed by atoms with van der Waals surface area (Å²) in [6.07, 6.45) is 7.72. The van der Waals surface area contributed by atoms with Gasteiger partial charge >= 0.3 is 0 Å². The van der Waals surface area contributed by atoms with E-state index in [1.807, 2.05) is 0 Å². The predicted octanol–water partition coefficient (Wildman–Crippen LogP) is 6.25. The molecule has 0 aliphatic heterocycles. The average molecular weight is 290 g/mol. The Balaban J connectivity index is 2.20. The van der Waals surface area contributed by atoms with Crippen molar-refractivity contribution in [3.05, 3.63) is 35.4 Å². The SMILES string of the molecule is CCC(CCCCCCOC(C)(C)C)c1ccccc1C. The standard InChI is InChI=1S/C20H34O/c1-6-18(19-15-11-10-13-17(19)2)14-9-7-8-12-16-21-20(3,4)5/h10-11,13,15,18H,6-9,12,14,16H2,1-5H3. The Labute approximate surface area is 132 Å². The second-order valence-electron chi connectivity index (χ2n) is 7.13. The Morgan fingerprint density at radius 3 is 2.29 bits per heavy atom. The van der Waals surface area contributed by atoms with Gasteiger partial charge in [-0.15, -0.1) is 0 Å². The molecule has 1 nitrogen and oxygen atoms in total. The fourth-order valence-electron chi connectivity index (χ4n) is 2.85. The van der Waals surface area contributed by atoms with Gasteiger partial charge in [-0.25, -0.2) is 0 Å². The van der Waals surface area contributed by atoms with Crippen LogP contribution in [0, 0.1) is 6.92 Å². The molecule has 0 spiro atoms. The summed E-state index contributed by atoms with van der Waals surface area (Å²) in [5.74, 6) is 0.733. The van der Waals surface area contributed by atoms with Crippen molar-refractivity contribution in [2.75, 3.05) is 6.61 Å². The molecule has 0 aliphatic carbocycles. The molecule has 0 fully saturated rings. The number of unbranched alkanes of at least 4 members (excludes halogenated alkanes) is 3. The van der Waals surface area contributed by atoms with E-state index in [9.17, 15) is 0 Å². The normalized spacial score (nSPS) is 13.4. The first-order valence-corrected chi connectivity index (χ1v) is 8.63. The predicted molar refractivity (Wildman–Crippen MR) is 93.0 cm³/mol. The second-order valence-corrected chi connectivity index (χ2v) is 7.13. The van der Waals surface area contributed by atoms with Crippen molar-refractivity contribution in [2.45, 2.75) is 84.7 Å². The van der Waals surface area contributed by atoms with Crippen LogP contribution in [-0.4, -0.2) is 12.2 Å². The Hall–Kier alpha value is -0.820. The molecule has 1 heteroatoms. The number of ether oxygens (including phenoxy) is 1. The zero-order valence-corrected chi connectivity index (χ0v) is 14.7. The number of benzene rings is 1. The first-order valence-electron chi connectivity index (χ1n) is 8.63. The maximum Gasteiger partial charge on any atom is 0.0598 e. The van der Waals surface area contributed by atoms with Crippen molar-refractivity contribution in [3.8, 4) is 0 Å². The van der Waals surface area contributed by atoms with Crippen LogP contribution in [0.1, 0.15) is 83.3 Å². The summed E-state index contributed by atoms with van der Waals surface area (Å²) in [7, 11) is 0. The average Bonchev–Trinajstić information content (AvgIpc) is 2.42. The molecule has 1 atom stereocenters. The molecular weight excluding hydrogens is 256 g/mol. The number of aryl methyl sites for hydroxylation is 1. The third kappa shape index (κ3) is 7.66. The third-order valence-corrected chi connectivity index (χ3v) is 4.10. The van der Waals surface area contributed by atoms with Crippen LogP contribution in [0.2, 0.25) is 0 Å². The van der Waals surface area contributed by atoms with Crippen LogP contribution >= 0.6 is 0 Å². The van der Waals surface area contributed by atoms with Crippen LogP contribution in [0.25, 0.3) is 0 Å². The van der Waals surface area contributed by atoms with Gasteiger partial charge in [0.2, 0.25) is 0 Å². The van der Waals surface area contributed by atoms with Gasteiger partial charge in [-0.05, 0) is 64.0 Å². The number of rotatable bonds is 9. The summed E-state index contributed by atoms with van der Waals surface area (Å²) in [6, 6.07) is 8.86. The molecule has 21 heavy (non-hydrogen) atoms. The molecular formula is C20H34O. The molecule has 0 saturated carbocycles. The highest BCUT2D eigenvalue weighted by atomic mass is 16.5. The Kier molecular flexibility index (Phi) is 8.03.